The quantitative estimate of drug-likeness (QED) is 0.0916. The summed E-state index contributed by atoms with van der Waals surface area (Å²) in [6.07, 6.45) is -0.263. The Balaban J connectivity index is 7.72. The molecular weight excluding hydrogens is 657 g/mol. The van der Waals surface area contributed by atoms with Gasteiger partial charge in [0, 0.05) is 51.9 Å². The zero-order chi connectivity index (χ0) is 33.8. The lowest BCUT2D eigenvalue weighted by molar-refractivity contribution is 0.492. The van der Waals surface area contributed by atoms with Crippen LogP contribution in [0, 0.1) is 45.3 Å². The Morgan fingerprint density at radius 1 is 0.523 bits per heavy atom. The van der Waals surface area contributed by atoms with Crippen LogP contribution in [0.25, 0.3) is 0 Å². The molecule has 0 spiro atoms. The van der Waals surface area contributed by atoms with Crippen molar-refractivity contribution in [3.05, 3.63) is 0 Å². The summed E-state index contributed by atoms with van der Waals surface area (Å²) in [6, 6.07) is 7.14. The van der Waals surface area contributed by atoms with Gasteiger partial charge in [0.2, 0.25) is 10.0 Å². The van der Waals surface area contributed by atoms with Crippen molar-refractivity contribution < 1.29 is 33.7 Å². The Labute approximate surface area is 262 Å². The highest BCUT2D eigenvalue weighted by Crippen LogP contribution is 2.39. The molecule has 0 heterocycles. The summed E-state index contributed by atoms with van der Waals surface area (Å²) in [6.45, 7) is -0.300. The van der Waals surface area contributed by atoms with Crippen molar-refractivity contribution in [2.75, 3.05) is 26.2 Å². The maximum Gasteiger partial charge on any atom is 0.330 e. The molecule has 1 unspecified atom stereocenters. The van der Waals surface area contributed by atoms with E-state index in [1.54, 1.807) is 18.2 Å². The van der Waals surface area contributed by atoms with Crippen molar-refractivity contribution in [1.29, 1.82) is 21.0 Å². The van der Waals surface area contributed by atoms with Gasteiger partial charge in [-0.05, 0) is 32.1 Å². The minimum absolute atomic E-state index is 0.0250. The summed E-state index contributed by atoms with van der Waals surface area (Å²) < 4.78 is 117. The summed E-state index contributed by atoms with van der Waals surface area (Å²) in [5.74, 6) is 0. The molecule has 20 heteroatoms. The van der Waals surface area contributed by atoms with E-state index >= 15 is 0 Å². The zero-order valence-electron chi connectivity index (χ0n) is 24.8. The summed E-state index contributed by atoms with van der Waals surface area (Å²) >= 11 is 0. The van der Waals surface area contributed by atoms with Gasteiger partial charge in [0.15, 0.2) is 0 Å². The van der Waals surface area contributed by atoms with E-state index in [1.807, 2.05) is 27.2 Å². The Morgan fingerprint density at radius 3 is 1.18 bits per heavy atom. The van der Waals surface area contributed by atoms with Crippen LogP contribution in [0.3, 0.4) is 0 Å². The predicted molar refractivity (Wildman–Crippen MR) is 162 cm³/mol. The normalized spacial score (nSPS) is 13.3. The zero-order valence-corrected chi connectivity index (χ0v) is 28.1. The topological polar surface area (TPSA) is 280 Å². The van der Waals surface area contributed by atoms with Crippen molar-refractivity contribution >= 4 is 40.1 Å². The van der Waals surface area contributed by atoms with Gasteiger partial charge >= 0.3 is 3.41 Å². The van der Waals surface area contributed by atoms with Crippen LogP contribution in [-0.2, 0) is 40.1 Å². The first kappa shape index (κ1) is 41.6. The first-order valence-electron chi connectivity index (χ1n) is 14.1. The van der Waals surface area contributed by atoms with Gasteiger partial charge in [-0.2, -0.15) is 21.0 Å². The van der Waals surface area contributed by atoms with Crippen LogP contribution in [0.4, 0.5) is 0 Å². The van der Waals surface area contributed by atoms with Crippen molar-refractivity contribution in [2.45, 2.75) is 99.1 Å². The van der Waals surface area contributed by atoms with Crippen LogP contribution >= 0.6 is 0 Å². The first-order chi connectivity index (χ1) is 20.7. The Hall–Kier alpha value is -2.40. The second-order valence-electron chi connectivity index (χ2n) is 9.62. The van der Waals surface area contributed by atoms with E-state index in [2.05, 4.69) is 4.72 Å². The molecule has 44 heavy (non-hydrogen) atoms. The molecule has 0 aromatic carbocycles. The third-order valence-electron chi connectivity index (χ3n) is 6.25. The van der Waals surface area contributed by atoms with Crippen LogP contribution < -0.4 is 18.9 Å². The fraction of sp³-hybridized carbons (Fsp3) is 0.833. The number of nitriles is 4. The minimum atomic E-state index is -5.69. The average Bonchev–Trinajstić information content (AvgIpc) is 2.95. The highest BCUT2D eigenvalue weighted by molar-refractivity contribution is 8.25. The highest BCUT2D eigenvalue weighted by Gasteiger charge is 2.72. The number of hydrogen-bond donors (Lipinski definition) is 4. The lowest BCUT2D eigenvalue weighted by Gasteiger charge is -2.38. The van der Waals surface area contributed by atoms with Gasteiger partial charge in [-0.1, -0.05) is 32.6 Å². The number of nitrogens with zero attached hydrogens (tertiary/aromatic N) is 4. The summed E-state index contributed by atoms with van der Waals surface area (Å²) in [4.78, 5) is 0. The average molecular weight is 699 g/mol. The van der Waals surface area contributed by atoms with Crippen molar-refractivity contribution in [3.63, 3.8) is 0 Å². The standard InChI is InChI=1S/C24H42N8O8S4/c1-2-3-4-5-14-23(41(33,34)29-19-10-6-15-25)24(42(35,36)30-20-11-7-16-26,43(37,38)31-21-12-8-17-27)44(39,40)32-22-13-9-18-28/h23,29-32H,2-14,19-22H2,1H3. The molecule has 0 radical (unpaired) electrons. The first-order valence-corrected chi connectivity index (χ1v) is 20.1. The number of unbranched alkanes of at least 4 members (excludes halogenated alkanes) is 7. The predicted octanol–water partition coefficient (Wildman–Crippen LogP) is 0.872. The molecule has 0 amide bonds. The van der Waals surface area contributed by atoms with Crippen molar-refractivity contribution in [1.82, 2.24) is 18.9 Å². The van der Waals surface area contributed by atoms with Gasteiger partial charge < -0.3 is 0 Å². The van der Waals surface area contributed by atoms with Crippen molar-refractivity contribution in [2.24, 2.45) is 0 Å². The molecule has 0 aliphatic heterocycles. The van der Waals surface area contributed by atoms with Gasteiger partial charge in [-0.15, -0.1) is 0 Å². The monoisotopic (exact) mass is 698 g/mol. The molecule has 0 saturated carbocycles. The van der Waals surface area contributed by atoms with E-state index in [0.29, 0.717) is 19.3 Å². The summed E-state index contributed by atoms with van der Waals surface area (Å²) in [5.41, 5.74) is 0. The maximum absolute atomic E-state index is 14.2. The van der Waals surface area contributed by atoms with E-state index in [0.717, 1.165) is 0 Å². The van der Waals surface area contributed by atoms with Crippen LogP contribution in [0.5, 0.6) is 0 Å². The number of rotatable bonds is 26. The van der Waals surface area contributed by atoms with Gasteiger partial charge in [-0.25, -0.2) is 52.6 Å². The van der Waals surface area contributed by atoms with Crippen LogP contribution in [-0.4, -0.2) is 68.5 Å². The lowest BCUT2D eigenvalue weighted by atomic mass is 10.1. The largest absolute Gasteiger partial charge is 0.330 e. The minimum Gasteiger partial charge on any atom is -0.215 e. The fourth-order valence-corrected chi connectivity index (χ4v) is 15.7. The molecule has 250 valence electrons. The second-order valence-corrected chi connectivity index (χ2v) is 18.2. The molecule has 0 aliphatic carbocycles. The summed E-state index contributed by atoms with van der Waals surface area (Å²) in [7, 11) is -22.1. The molecule has 4 N–H and O–H groups in total. The molecule has 0 rings (SSSR count). The Kier molecular flexibility index (Phi) is 19.5. The van der Waals surface area contributed by atoms with Crippen molar-refractivity contribution in [3.8, 4) is 24.3 Å². The molecule has 0 aromatic rings. The SMILES string of the molecule is CCCCCCC(C(S(=O)(=O)NCCCC#N)(S(=O)(=O)NCCCC#N)S(=O)(=O)NCCCC#N)S(=O)(=O)NCCCC#N. The Bertz CT molecular complexity index is 1360. The highest BCUT2D eigenvalue weighted by atomic mass is 32.3. The van der Waals surface area contributed by atoms with Crippen LogP contribution in [0.15, 0.2) is 0 Å². The van der Waals surface area contributed by atoms with E-state index < -0.39 is 81.4 Å². The Morgan fingerprint density at radius 2 is 0.864 bits per heavy atom. The number of hydrogen-bond acceptors (Lipinski definition) is 12. The van der Waals surface area contributed by atoms with Crippen LogP contribution in [0.1, 0.15) is 90.4 Å². The van der Waals surface area contributed by atoms with Gasteiger partial charge in [-0.3, -0.25) is 0 Å². The maximum atomic E-state index is 14.2. The third-order valence-corrected chi connectivity index (χ3v) is 17.4. The third kappa shape index (κ3) is 11.8. The molecule has 0 bridgehead atoms. The van der Waals surface area contributed by atoms with E-state index in [-0.39, 0.29) is 57.8 Å². The van der Waals surface area contributed by atoms with Gasteiger partial charge in [0.25, 0.3) is 30.1 Å². The summed E-state index contributed by atoms with van der Waals surface area (Å²) in [5, 5.41) is 32.8. The number of nitrogens with one attached hydrogen (secondary N) is 4. The van der Waals surface area contributed by atoms with E-state index in [4.69, 9.17) is 21.0 Å². The fourth-order valence-electron chi connectivity index (χ4n) is 4.14. The molecule has 0 aliphatic rings. The van der Waals surface area contributed by atoms with Gasteiger partial charge in [0.1, 0.15) is 5.25 Å². The smallest absolute Gasteiger partial charge is 0.215 e. The van der Waals surface area contributed by atoms with Crippen LogP contribution in [0.2, 0.25) is 0 Å². The molecule has 0 aromatic heterocycles. The molecule has 16 nitrogen and oxygen atoms in total. The molecular formula is C24H42N8O8S4. The molecule has 0 fully saturated rings. The van der Waals surface area contributed by atoms with E-state index in [9.17, 15) is 33.7 Å². The lowest BCUT2D eigenvalue weighted by Crippen LogP contribution is -2.71. The molecule has 0 saturated heterocycles. The molecule has 1 atom stereocenters. The second kappa shape index (κ2) is 20.6. The van der Waals surface area contributed by atoms with E-state index in [1.165, 1.54) is 0 Å². The number of sulfonamides is 4. The van der Waals surface area contributed by atoms with Gasteiger partial charge in [0.05, 0.1) is 24.3 Å².